The molecule has 0 unspecified atom stereocenters. The molecule has 1 aromatic rings. The van der Waals surface area contributed by atoms with E-state index in [9.17, 15) is 10.1 Å². The van der Waals surface area contributed by atoms with Crippen LogP contribution < -0.4 is 4.74 Å². The minimum Gasteiger partial charge on any atom is -0.461 e. The molecule has 0 saturated carbocycles. The number of pyridine rings is 1. The maximum atomic E-state index is 10.4. The molecule has 0 radical (unpaired) electrons. The van der Waals surface area contributed by atoms with E-state index in [4.69, 9.17) is 9.47 Å². The van der Waals surface area contributed by atoms with Gasteiger partial charge in [-0.25, -0.2) is 4.98 Å². The number of hydrogen-bond donors (Lipinski definition) is 0. The van der Waals surface area contributed by atoms with Crippen molar-refractivity contribution in [2.75, 3.05) is 33.0 Å². The Kier molecular flexibility index (Phi) is 3.84. The standard InChI is InChI=1S/C10H13N3O4/c14-13(15)9-1-2-10(11-7-9)17-8-12-3-5-16-6-4-12/h1-2,7H,3-6,8H2. The fourth-order valence-electron chi connectivity index (χ4n) is 1.45. The Hall–Kier alpha value is -1.73. The van der Waals surface area contributed by atoms with Crippen LogP contribution in [0.2, 0.25) is 0 Å². The average Bonchev–Trinajstić information content (AvgIpc) is 2.38. The monoisotopic (exact) mass is 239 g/mol. The van der Waals surface area contributed by atoms with Crippen molar-refractivity contribution >= 4 is 5.69 Å². The third-order valence-electron chi connectivity index (χ3n) is 2.43. The molecule has 0 N–H and O–H groups in total. The number of ether oxygens (including phenoxy) is 2. The zero-order chi connectivity index (χ0) is 12.1. The van der Waals surface area contributed by atoms with Gasteiger partial charge in [-0.3, -0.25) is 15.0 Å². The van der Waals surface area contributed by atoms with Crippen molar-refractivity contribution in [3.8, 4) is 5.88 Å². The van der Waals surface area contributed by atoms with Crippen LogP contribution in [0.1, 0.15) is 0 Å². The minimum absolute atomic E-state index is 0.0382. The second-order valence-electron chi connectivity index (χ2n) is 3.62. The molecule has 0 atom stereocenters. The van der Waals surface area contributed by atoms with Gasteiger partial charge in [0.05, 0.1) is 18.1 Å². The van der Waals surface area contributed by atoms with Crippen LogP contribution in [0.15, 0.2) is 18.3 Å². The fraction of sp³-hybridized carbons (Fsp3) is 0.500. The summed E-state index contributed by atoms with van der Waals surface area (Å²) < 4.78 is 10.6. The Balaban J connectivity index is 1.84. The van der Waals surface area contributed by atoms with Crippen molar-refractivity contribution in [1.29, 1.82) is 0 Å². The quantitative estimate of drug-likeness (QED) is 0.567. The molecule has 1 aliphatic rings. The number of nitro groups is 1. The highest BCUT2D eigenvalue weighted by molar-refractivity contribution is 5.28. The highest BCUT2D eigenvalue weighted by Crippen LogP contribution is 2.13. The van der Waals surface area contributed by atoms with Crippen molar-refractivity contribution in [3.05, 3.63) is 28.4 Å². The van der Waals surface area contributed by atoms with Crippen molar-refractivity contribution in [2.45, 2.75) is 0 Å². The van der Waals surface area contributed by atoms with Gasteiger partial charge in [-0.05, 0) is 0 Å². The first kappa shape index (κ1) is 11.7. The lowest BCUT2D eigenvalue weighted by atomic mass is 10.4. The average molecular weight is 239 g/mol. The molecule has 1 fully saturated rings. The van der Waals surface area contributed by atoms with Gasteiger partial charge in [0.25, 0.3) is 5.69 Å². The maximum absolute atomic E-state index is 10.4. The molecular formula is C10H13N3O4. The van der Waals surface area contributed by atoms with Crippen LogP contribution in [-0.2, 0) is 4.74 Å². The minimum atomic E-state index is -0.487. The highest BCUT2D eigenvalue weighted by Gasteiger charge is 2.11. The molecule has 0 spiro atoms. The van der Waals surface area contributed by atoms with Gasteiger partial charge in [-0.2, -0.15) is 0 Å². The van der Waals surface area contributed by atoms with Crippen LogP contribution in [0, 0.1) is 10.1 Å². The second kappa shape index (κ2) is 5.55. The van der Waals surface area contributed by atoms with Gasteiger partial charge in [0.15, 0.2) is 0 Å². The summed E-state index contributed by atoms with van der Waals surface area (Å²) in [6.45, 7) is 3.49. The Morgan fingerprint density at radius 2 is 2.24 bits per heavy atom. The molecule has 0 bridgehead atoms. The molecule has 0 amide bonds. The van der Waals surface area contributed by atoms with Crippen molar-refractivity contribution in [2.24, 2.45) is 0 Å². The fourth-order valence-corrected chi connectivity index (χ4v) is 1.45. The van der Waals surface area contributed by atoms with Gasteiger partial charge in [-0.15, -0.1) is 0 Å². The van der Waals surface area contributed by atoms with E-state index >= 15 is 0 Å². The largest absolute Gasteiger partial charge is 0.461 e. The topological polar surface area (TPSA) is 77.7 Å². The summed E-state index contributed by atoms with van der Waals surface area (Å²) in [5, 5.41) is 10.4. The Morgan fingerprint density at radius 1 is 1.47 bits per heavy atom. The normalized spacial score (nSPS) is 16.7. The predicted molar refractivity (Wildman–Crippen MR) is 58.8 cm³/mol. The Labute approximate surface area is 98.1 Å². The zero-order valence-electron chi connectivity index (χ0n) is 9.24. The Morgan fingerprint density at radius 3 is 2.82 bits per heavy atom. The molecule has 1 saturated heterocycles. The number of morpholine rings is 1. The Bertz CT molecular complexity index is 376. The second-order valence-corrected chi connectivity index (χ2v) is 3.62. The third-order valence-corrected chi connectivity index (χ3v) is 2.43. The molecule has 7 heteroatoms. The zero-order valence-corrected chi connectivity index (χ0v) is 9.24. The lowest BCUT2D eigenvalue weighted by Gasteiger charge is -2.25. The predicted octanol–water partition coefficient (Wildman–Crippen LogP) is 0.658. The third kappa shape index (κ3) is 3.36. The molecule has 1 aliphatic heterocycles. The lowest BCUT2D eigenvalue weighted by molar-refractivity contribution is -0.385. The van der Waals surface area contributed by atoms with Crippen molar-refractivity contribution in [3.63, 3.8) is 0 Å². The van der Waals surface area contributed by atoms with Crippen LogP contribution in [-0.4, -0.2) is 47.8 Å². The van der Waals surface area contributed by atoms with E-state index in [1.807, 2.05) is 0 Å². The summed E-state index contributed by atoms with van der Waals surface area (Å²) in [6.07, 6.45) is 1.19. The van der Waals surface area contributed by atoms with Crippen LogP contribution in [0.3, 0.4) is 0 Å². The first-order chi connectivity index (χ1) is 8.25. The molecular weight excluding hydrogens is 226 g/mol. The van der Waals surface area contributed by atoms with Gasteiger partial charge in [-0.1, -0.05) is 0 Å². The van der Waals surface area contributed by atoms with Crippen LogP contribution in [0.25, 0.3) is 0 Å². The number of hydrogen-bond acceptors (Lipinski definition) is 6. The lowest BCUT2D eigenvalue weighted by Crippen LogP contribution is -2.38. The summed E-state index contributed by atoms with van der Waals surface area (Å²) in [6, 6.07) is 2.88. The summed E-state index contributed by atoms with van der Waals surface area (Å²) in [7, 11) is 0. The summed E-state index contributed by atoms with van der Waals surface area (Å²) in [4.78, 5) is 15.9. The molecule has 92 valence electrons. The van der Waals surface area contributed by atoms with E-state index in [1.54, 1.807) is 0 Å². The first-order valence-corrected chi connectivity index (χ1v) is 5.29. The first-order valence-electron chi connectivity index (χ1n) is 5.29. The van der Waals surface area contributed by atoms with Gasteiger partial charge >= 0.3 is 0 Å². The van der Waals surface area contributed by atoms with E-state index in [0.717, 1.165) is 13.1 Å². The van der Waals surface area contributed by atoms with Gasteiger partial charge in [0.1, 0.15) is 12.9 Å². The van der Waals surface area contributed by atoms with Crippen molar-refractivity contribution < 1.29 is 14.4 Å². The van der Waals surface area contributed by atoms with Gasteiger partial charge in [0, 0.05) is 25.2 Å². The molecule has 17 heavy (non-hydrogen) atoms. The summed E-state index contributed by atoms with van der Waals surface area (Å²) >= 11 is 0. The summed E-state index contributed by atoms with van der Waals surface area (Å²) in [5.74, 6) is 0.391. The van der Waals surface area contributed by atoms with E-state index in [2.05, 4.69) is 9.88 Å². The number of aromatic nitrogens is 1. The van der Waals surface area contributed by atoms with Crippen LogP contribution in [0.5, 0.6) is 5.88 Å². The molecule has 0 aromatic carbocycles. The van der Waals surface area contributed by atoms with E-state index in [-0.39, 0.29) is 5.69 Å². The van der Waals surface area contributed by atoms with E-state index < -0.39 is 4.92 Å². The summed E-state index contributed by atoms with van der Waals surface area (Å²) in [5.41, 5.74) is -0.0382. The van der Waals surface area contributed by atoms with Gasteiger partial charge in [0.2, 0.25) is 5.88 Å². The molecule has 1 aromatic heterocycles. The smallest absolute Gasteiger partial charge is 0.287 e. The van der Waals surface area contributed by atoms with Crippen LogP contribution in [0.4, 0.5) is 5.69 Å². The van der Waals surface area contributed by atoms with Crippen LogP contribution >= 0.6 is 0 Å². The molecule has 2 heterocycles. The molecule has 0 aliphatic carbocycles. The highest BCUT2D eigenvalue weighted by atomic mass is 16.6. The van der Waals surface area contributed by atoms with Gasteiger partial charge < -0.3 is 9.47 Å². The van der Waals surface area contributed by atoms with E-state index in [1.165, 1.54) is 18.3 Å². The van der Waals surface area contributed by atoms with E-state index in [0.29, 0.717) is 25.8 Å². The number of nitrogens with zero attached hydrogens (tertiary/aromatic N) is 3. The maximum Gasteiger partial charge on any atom is 0.287 e. The SMILES string of the molecule is O=[N+]([O-])c1ccc(OCN2CCOCC2)nc1. The molecule has 2 rings (SSSR count). The number of rotatable bonds is 4. The van der Waals surface area contributed by atoms with Crippen molar-refractivity contribution in [1.82, 2.24) is 9.88 Å². The molecule has 7 nitrogen and oxygen atoms in total.